The van der Waals surface area contributed by atoms with Crippen molar-refractivity contribution < 1.29 is 24.3 Å². The fourth-order valence-corrected chi connectivity index (χ4v) is 3.28. The molecular weight excluding hydrogens is 326 g/mol. The molecule has 0 spiro atoms. The molecule has 2 saturated heterocycles. The number of nitrogens with zero attached hydrogens (tertiary/aromatic N) is 2. The molecule has 4 amide bonds. The van der Waals surface area contributed by atoms with Gasteiger partial charge in [0.2, 0.25) is 5.91 Å². The van der Waals surface area contributed by atoms with E-state index >= 15 is 0 Å². The number of nitrogens with one attached hydrogen (secondary N) is 1. The number of imide groups is 1. The number of rotatable bonds is 4. The van der Waals surface area contributed by atoms with Crippen molar-refractivity contribution in [1.29, 1.82) is 0 Å². The van der Waals surface area contributed by atoms with Crippen LogP contribution in [0.4, 0.5) is 10.5 Å². The minimum absolute atomic E-state index is 0.162. The second kappa shape index (κ2) is 6.54. The third-order valence-corrected chi connectivity index (χ3v) is 4.55. The number of benzene rings is 1. The first kappa shape index (κ1) is 16.9. The zero-order chi connectivity index (χ0) is 18.1. The van der Waals surface area contributed by atoms with E-state index in [1.54, 1.807) is 24.3 Å². The molecular formula is C17H19N3O5. The molecule has 0 aromatic heterocycles. The summed E-state index contributed by atoms with van der Waals surface area (Å²) in [6.45, 7) is 2.22. The number of aliphatic carboxylic acids is 1. The zero-order valence-electron chi connectivity index (χ0n) is 13.8. The van der Waals surface area contributed by atoms with E-state index in [4.69, 9.17) is 5.11 Å². The minimum Gasteiger partial charge on any atom is -0.481 e. The molecule has 0 aliphatic carbocycles. The Labute approximate surface area is 144 Å². The molecule has 25 heavy (non-hydrogen) atoms. The molecule has 0 saturated carbocycles. The number of amides is 4. The predicted octanol–water partition coefficient (Wildman–Crippen LogP) is 0.886. The highest BCUT2D eigenvalue weighted by Crippen LogP contribution is 2.28. The zero-order valence-corrected chi connectivity index (χ0v) is 13.8. The number of hydrogen-bond acceptors (Lipinski definition) is 4. The summed E-state index contributed by atoms with van der Waals surface area (Å²) < 4.78 is 0. The smallest absolute Gasteiger partial charge is 0.329 e. The van der Waals surface area contributed by atoms with Crippen molar-refractivity contribution in [3.8, 4) is 0 Å². The van der Waals surface area contributed by atoms with Crippen molar-refractivity contribution in [2.75, 3.05) is 11.4 Å². The number of hydrogen-bond donors (Lipinski definition) is 2. The van der Waals surface area contributed by atoms with Crippen LogP contribution < -0.4 is 10.2 Å². The van der Waals surface area contributed by atoms with E-state index in [1.807, 2.05) is 6.92 Å². The number of urea groups is 1. The SMILES string of the molecule is Cc1ccc(N2C(=O)NC3CCN(C(=O)CCC(=O)O)C3C2=O)cc1. The summed E-state index contributed by atoms with van der Waals surface area (Å²) in [4.78, 5) is 50.6. The largest absolute Gasteiger partial charge is 0.481 e. The molecule has 2 N–H and O–H groups in total. The van der Waals surface area contributed by atoms with Gasteiger partial charge in [-0.05, 0) is 25.5 Å². The molecule has 132 valence electrons. The fourth-order valence-electron chi connectivity index (χ4n) is 3.28. The van der Waals surface area contributed by atoms with Crippen molar-refractivity contribution in [3.63, 3.8) is 0 Å². The van der Waals surface area contributed by atoms with Gasteiger partial charge in [0, 0.05) is 13.0 Å². The summed E-state index contributed by atoms with van der Waals surface area (Å²) in [7, 11) is 0. The summed E-state index contributed by atoms with van der Waals surface area (Å²) >= 11 is 0. The highest BCUT2D eigenvalue weighted by molar-refractivity contribution is 6.19. The Kier molecular flexibility index (Phi) is 4.43. The first-order valence-corrected chi connectivity index (χ1v) is 8.11. The van der Waals surface area contributed by atoms with Crippen LogP contribution >= 0.6 is 0 Å². The minimum atomic E-state index is -1.06. The summed E-state index contributed by atoms with van der Waals surface area (Å²) in [6, 6.07) is 5.22. The molecule has 1 aromatic carbocycles. The van der Waals surface area contributed by atoms with E-state index in [2.05, 4.69) is 5.32 Å². The molecule has 8 nitrogen and oxygen atoms in total. The third kappa shape index (κ3) is 3.19. The molecule has 2 unspecified atom stereocenters. The number of aryl methyl sites for hydroxylation is 1. The second-order valence-corrected chi connectivity index (χ2v) is 6.28. The van der Waals surface area contributed by atoms with Crippen molar-refractivity contribution in [2.45, 2.75) is 38.3 Å². The number of likely N-dealkylation sites (tertiary alicyclic amines) is 1. The van der Waals surface area contributed by atoms with E-state index in [0.717, 1.165) is 10.5 Å². The van der Waals surface area contributed by atoms with E-state index in [-0.39, 0.29) is 18.7 Å². The van der Waals surface area contributed by atoms with Gasteiger partial charge in [0.1, 0.15) is 6.04 Å². The van der Waals surface area contributed by atoms with Crippen molar-refractivity contribution in [3.05, 3.63) is 29.8 Å². The van der Waals surface area contributed by atoms with Crippen molar-refractivity contribution >= 4 is 29.5 Å². The molecule has 8 heteroatoms. The van der Waals surface area contributed by atoms with Crippen molar-refractivity contribution in [1.82, 2.24) is 10.2 Å². The Morgan fingerprint density at radius 2 is 1.88 bits per heavy atom. The first-order valence-electron chi connectivity index (χ1n) is 8.11. The fraction of sp³-hybridized carbons (Fsp3) is 0.412. The van der Waals surface area contributed by atoms with Crippen LogP contribution in [0.5, 0.6) is 0 Å². The summed E-state index contributed by atoms with van der Waals surface area (Å²) in [6.07, 6.45) is 0.0297. The van der Waals surface area contributed by atoms with Crippen LogP contribution in [0.25, 0.3) is 0 Å². The van der Waals surface area contributed by atoms with Crippen LogP contribution in [-0.2, 0) is 14.4 Å². The second-order valence-electron chi connectivity index (χ2n) is 6.28. The number of anilines is 1. The molecule has 2 aliphatic heterocycles. The lowest BCUT2D eigenvalue weighted by Crippen LogP contribution is -2.65. The van der Waals surface area contributed by atoms with Gasteiger partial charge in [0.25, 0.3) is 5.91 Å². The van der Waals surface area contributed by atoms with E-state index in [9.17, 15) is 19.2 Å². The highest BCUT2D eigenvalue weighted by atomic mass is 16.4. The van der Waals surface area contributed by atoms with E-state index in [0.29, 0.717) is 18.7 Å². The number of carbonyl (C=O) groups excluding carboxylic acids is 3. The molecule has 2 atom stereocenters. The molecule has 2 aliphatic rings. The van der Waals surface area contributed by atoms with Gasteiger partial charge in [-0.1, -0.05) is 17.7 Å². The van der Waals surface area contributed by atoms with Gasteiger partial charge in [-0.15, -0.1) is 0 Å². The lowest BCUT2D eigenvalue weighted by atomic mass is 10.0. The van der Waals surface area contributed by atoms with Gasteiger partial charge in [0.05, 0.1) is 18.2 Å². The molecule has 0 radical (unpaired) electrons. The summed E-state index contributed by atoms with van der Waals surface area (Å²) in [5.41, 5.74) is 1.44. The lowest BCUT2D eigenvalue weighted by molar-refractivity contribution is -0.142. The van der Waals surface area contributed by atoms with Gasteiger partial charge < -0.3 is 15.3 Å². The number of carboxylic acids is 1. The summed E-state index contributed by atoms with van der Waals surface area (Å²) in [5, 5.41) is 11.5. The standard InChI is InChI=1S/C17H19N3O5/c1-10-2-4-11(5-3-10)20-16(24)15-12(18-17(20)25)8-9-19(15)13(21)6-7-14(22)23/h2-5,12,15H,6-9H2,1H3,(H,18,25)(H,22,23). The van der Waals surface area contributed by atoms with Crippen LogP contribution in [-0.4, -0.2) is 52.4 Å². The number of carbonyl (C=O) groups is 4. The maximum absolute atomic E-state index is 12.9. The van der Waals surface area contributed by atoms with E-state index < -0.39 is 30.0 Å². The number of carboxylic acid groups (broad SMARTS) is 1. The first-order chi connectivity index (χ1) is 11.9. The van der Waals surface area contributed by atoms with Gasteiger partial charge in [0.15, 0.2) is 0 Å². The Balaban J connectivity index is 1.82. The lowest BCUT2D eigenvalue weighted by Gasteiger charge is -2.36. The Hall–Kier alpha value is -2.90. The van der Waals surface area contributed by atoms with Crippen LogP contribution in [0.1, 0.15) is 24.8 Å². The van der Waals surface area contributed by atoms with Crippen LogP contribution in [0.2, 0.25) is 0 Å². The molecule has 3 rings (SSSR count). The molecule has 1 aromatic rings. The number of fused-ring (bicyclic) bond motifs is 1. The highest BCUT2D eigenvalue weighted by Gasteiger charge is 2.49. The molecule has 2 heterocycles. The molecule has 2 fully saturated rings. The molecule has 0 bridgehead atoms. The van der Waals surface area contributed by atoms with E-state index in [1.165, 1.54) is 4.90 Å². The topological polar surface area (TPSA) is 107 Å². The quantitative estimate of drug-likeness (QED) is 0.843. The Morgan fingerprint density at radius 3 is 2.52 bits per heavy atom. The average molecular weight is 345 g/mol. The normalized spacial score (nSPS) is 22.6. The Bertz CT molecular complexity index is 730. The maximum Gasteiger partial charge on any atom is 0.329 e. The third-order valence-electron chi connectivity index (χ3n) is 4.55. The van der Waals surface area contributed by atoms with Crippen molar-refractivity contribution in [2.24, 2.45) is 0 Å². The Morgan fingerprint density at radius 1 is 1.20 bits per heavy atom. The van der Waals surface area contributed by atoms with Crippen LogP contribution in [0, 0.1) is 6.92 Å². The van der Waals surface area contributed by atoms with Gasteiger partial charge in [-0.2, -0.15) is 0 Å². The van der Waals surface area contributed by atoms with Gasteiger partial charge in [-0.25, -0.2) is 9.69 Å². The summed E-state index contributed by atoms with van der Waals surface area (Å²) in [5.74, 6) is -1.91. The maximum atomic E-state index is 12.9. The van der Waals surface area contributed by atoms with Crippen LogP contribution in [0.15, 0.2) is 24.3 Å². The monoisotopic (exact) mass is 345 g/mol. The predicted molar refractivity (Wildman–Crippen MR) is 88.0 cm³/mol. The van der Waals surface area contributed by atoms with Gasteiger partial charge >= 0.3 is 12.0 Å². The average Bonchev–Trinajstić information content (AvgIpc) is 2.98. The van der Waals surface area contributed by atoms with Crippen LogP contribution in [0.3, 0.4) is 0 Å². The van der Waals surface area contributed by atoms with Gasteiger partial charge in [-0.3, -0.25) is 14.4 Å².